The molecule has 2 aromatic rings. The van der Waals surface area contributed by atoms with Crippen molar-refractivity contribution in [3.05, 3.63) is 64.8 Å². The number of rotatable bonds is 1. The van der Waals surface area contributed by atoms with Gasteiger partial charge in [0.15, 0.2) is 0 Å². The summed E-state index contributed by atoms with van der Waals surface area (Å²) in [4.78, 5) is 0. The summed E-state index contributed by atoms with van der Waals surface area (Å²) in [5.74, 6) is 0.636. The number of halogens is 2. The van der Waals surface area contributed by atoms with Crippen molar-refractivity contribution in [2.24, 2.45) is 5.41 Å². The van der Waals surface area contributed by atoms with Gasteiger partial charge in [-0.2, -0.15) is 17.2 Å². The first-order valence-corrected chi connectivity index (χ1v) is 8.18. The Hall–Kier alpha value is -0.947. The maximum atomic E-state index is 3.44. The Morgan fingerprint density at radius 1 is 1.00 bits per heavy atom. The molecule has 0 heterocycles. The molecule has 0 radical (unpaired) electrons. The molecule has 0 saturated carbocycles. The van der Waals surface area contributed by atoms with E-state index in [0.29, 0.717) is 5.92 Å². The summed E-state index contributed by atoms with van der Waals surface area (Å²) in [7, 11) is 0. The van der Waals surface area contributed by atoms with Crippen molar-refractivity contribution < 1.29 is 35.6 Å². The predicted molar refractivity (Wildman–Crippen MR) is 98.2 cm³/mol. The Balaban J connectivity index is 0. The largest absolute Gasteiger partial charge is 4.00 e. The van der Waals surface area contributed by atoms with E-state index in [1.165, 1.54) is 33.1 Å². The summed E-state index contributed by atoms with van der Waals surface area (Å²) < 4.78 is 0. The van der Waals surface area contributed by atoms with E-state index in [1.54, 1.807) is 0 Å². The average molecular weight is 422 g/mol. The van der Waals surface area contributed by atoms with Crippen LogP contribution < -0.4 is 9.41 Å². The molecule has 25 heavy (non-hydrogen) atoms. The topological polar surface area (TPSA) is 0 Å². The van der Waals surface area contributed by atoms with Crippen molar-refractivity contribution in [3.63, 3.8) is 0 Å². The van der Waals surface area contributed by atoms with Gasteiger partial charge in [0.25, 0.3) is 0 Å². The molecule has 134 valence electrons. The van der Waals surface area contributed by atoms with Gasteiger partial charge in [0.05, 0.1) is 0 Å². The molecule has 0 N–H and O–H groups in total. The Kier molecular flexibility index (Phi) is 10.8. The van der Waals surface area contributed by atoms with Crippen molar-refractivity contribution in [3.8, 4) is 0 Å². The second-order valence-electron chi connectivity index (χ2n) is 7.20. The third-order valence-electron chi connectivity index (χ3n) is 4.87. The summed E-state index contributed by atoms with van der Waals surface area (Å²) in [6.45, 7) is 15.4. The molecule has 0 atom stereocenters. The smallest absolute Gasteiger partial charge is 1.00 e. The van der Waals surface area contributed by atoms with Crippen LogP contribution in [0.4, 0.5) is 0 Å². The normalized spacial score (nSPS) is 14.8. The first kappa shape index (κ1) is 26.3. The number of benzene rings is 1. The maximum Gasteiger partial charge on any atom is 4.00 e. The Morgan fingerprint density at radius 2 is 1.56 bits per heavy atom. The molecule has 1 aliphatic rings. The molecule has 0 spiro atoms. The van der Waals surface area contributed by atoms with E-state index in [1.807, 2.05) is 0 Å². The molecule has 0 fully saturated rings. The van der Waals surface area contributed by atoms with Gasteiger partial charge in [0.1, 0.15) is 0 Å². The fraction of sp³-hybridized carbons (Fsp3) is 0.409. The van der Waals surface area contributed by atoms with E-state index in [0.717, 1.165) is 0 Å². The molecule has 2 aromatic carbocycles. The molecule has 0 nitrogen and oxygen atoms in total. The third-order valence-corrected chi connectivity index (χ3v) is 4.87. The molecular formula is C22H28F2Zr. The second kappa shape index (κ2) is 10.3. The molecule has 1 aliphatic carbocycles. The first-order chi connectivity index (χ1) is 10.2. The molecular weight excluding hydrogens is 393 g/mol. The van der Waals surface area contributed by atoms with E-state index in [-0.39, 0.29) is 41.0 Å². The van der Waals surface area contributed by atoms with Crippen LogP contribution in [0.2, 0.25) is 0 Å². The van der Waals surface area contributed by atoms with E-state index < -0.39 is 0 Å². The van der Waals surface area contributed by atoms with Crippen molar-refractivity contribution in [2.75, 3.05) is 0 Å². The van der Waals surface area contributed by atoms with Crippen LogP contribution in [0, 0.1) is 11.5 Å². The van der Waals surface area contributed by atoms with Gasteiger partial charge in [-0.05, 0) is 5.92 Å². The molecule has 3 heteroatoms. The zero-order valence-corrected chi connectivity index (χ0v) is 18.8. The zero-order chi connectivity index (χ0) is 16.5. The van der Waals surface area contributed by atoms with Crippen LogP contribution in [-0.4, -0.2) is 0 Å². The van der Waals surface area contributed by atoms with Crippen LogP contribution in [-0.2, 0) is 26.2 Å². The zero-order valence-electron chi connectivity index (χ0n) is 16.3. The van der Waals surface area contributed by atoms with Gasteiger partial charge in [0, 0.05) is 0 Å². The van der Waals surface area contributed by atoms with E-state index in [9.17, 15) is 0 Å². The van der Waals surface area contributed by atoms with E-state index >= 15 is 0 Å². The van der Waals surface area contributed by atoms with Crippen LogP contribution in [0.1, 0.15) is 59.9 Å². The summed E-state index contributed by atoms with van der Waals surface area (Å²) in [6.07, 6.45) is 3.44. The van der Waals surface area contributed by atoms with Gasteiger partial charge < -0.3 is 9.41 Å². The van der Waals surface area contributed by atoms with Gasteiger partial charge in [-0.3, -0.25) is 6.08 Å². The monoisotopic (exact) mass is 420 g/mol. The van der Waals surface area contributed by atoms with Crippen molar-refractivity contribution in [1.82, 2.24) is 0 Å². The number of fused-ring (bicyclic) bond motifs is 1. The Labute approximate surface area is 170 Å². The van der Waals surface area contributed by atoms with E-state index in [2.05, 4.69) is 90.9 Å². The van der Waals surface area contributed by atoms with Gasteiger partial charge in [-0.25, -0.2) is 5.57 Å². The standard InChI is InChI=1S/C12H13.C10H15.2FH.Zr/c1-9(2)12-7-10-5-3-4-6-11(10)8-12;1-7-6-10(4,5)9(3)8(7)2;;;/h3-9H,1-2H3;1-5H3;2*1H;/q2*-1;;;+4/p-2. The van der Waals surface area contributed by atoms with Gasteiger partial charge in [-0.15, -0.1) is 47.5 Å². The third kappa shape index (κ3) is 6.06. The molecule has 0 saturated heterocycles. The first-order valence-electron chi connectivity index (χ1n) is 8.18. The van der Waals surface area contributed by atoms with Crippen molar-refractivity contribution >= 4 is 10.8 Å². The van der Waals surface area contributed by atoms with Crippen LogP contribution >= 0.6 is 0 Å². The number of hydrogen-bond acceptors (Lipinski definition) is 0. The fourth-order valence-electron chi connectivity index (χ4n) is 2.91. The van der Waals surface area contributed by atoms with Crippen molar-refractivity contribution in [2.45, 2.75) is 54.4 Å². The second-order valence-corrected chi connectivity index (χ2v) is 7.20. The summed E-state index contributed by atoms with van der Waals surface area (Å²) in [6, 6.07) is 13.1. The average Bonchev–Trinajstić information content (AvgIpc) is 2.96. The molecule has 0 amide bonds. The molecule has 3 rings (SSSR count). The maximum absolute atomic E-state index is 3.44. The molecule has 0 unspecified atom stereocenters. The minimum absolute atomic E-state index is 0. The van der Waals surface area contributed by atoms with Crippen LogP contribution in [0.3, 0.4) is 0 Å². The minimum Gasteiger partial charge on any atom is -1.00 e. The Morgan fingerprint density at radius 3 is 1.92 bits per heavy atom. The Bertz CT molecular complexity index is 700. The molecule has 0 bridgehead atoms. The van der Waals surface area contributed by atoms with Crippen LogP contribution in [0.25, 0.3) is 10.8 Å². The molecule has 0 aliphatic heterocycles. The quantitative estimate of drug-likeness (QED) is 0.598. The van der Waals surface area contributed by atoms with Crippen molar-refractivity contribution in [1.29, 1.82) is 0 Å². The number of allylic oxidation sites excluding steroid dienone is 4. The fourth-order valence-corrected chi connectivity index (χ4v) is 2.91. The van der Waals surface area contributed by atoms with Gasteiger partial charge in [-0.1, -0.05) is 53.0 Å². The van der Waals surface area contributed by atoms with Gasteiger partial charge in [0.2, 0.25) is 0 Å². The van der Waals surface area contributed by atoms with Crippen LogP contribution in [0.5, 0.6) is 0 Å². The van der Waals surface area contributed by atoms with Crippen LogP contribution in [0.15, 0.2) is 53.1 Å². The molecule has 0 aromatic heterocycles. The van der Waals surface area contributed by atoms with Gasteiger partial charge >= 0.3 is 26.2 Å². The minimum atomic E-state index is 0. The van der Waals surface area contributed by atoms with E-state index in [4.69, 9.17) is 0 Å². The summed E-state index contributed by atoms with van der Waals surface area (Å²) in [5, 5.41) is 2.72. The predicted octanol–water partition coefficient (Wildman–Crippen LogP) is 0.800. The summed E-state index contributed by atoms with van der Waals surface area (Å²) in [5.41, 5.74) is 5.84. The SMILES string of the molecule is CC(C)c1cc2ccccc2[cH-]1.CC1=[C-]C(C)(C)C(C)=C1C.[F-].[F-].[Zr+4]. The number of hydrogen-bond donors (Lipinski definition) is 0. The summed E-state index contributed by atoms with van der Waals surface area (Å²) >= 11 is 0.